The average Bonchev–Trinajstić information content (AvgIpc) is 2.97. The van der Waals surface area contributed by atoms with Gasteiger partial charge >= 0.3 is 5.97 Å². The van der Waals surface area contributed by atoms with E-state index in [9.17, 15) is 9.90 Å². The summed E-state index contributed by atoms with van der Waals surface area (Å²) in [5.74, 6) is -0.0835. The Hall–Kier alpha value is -2.41. The molecular weight excluding hydrogens is 284 g/mol. The Morgan fingerprint density at radius 1 is 1.41 bits per heavy atom. The lowest BCUT2D eigenvalue weighted by molar-refractivity contribution is -0.141. The number of carbonyl (C=O) groups excluding carboxylic acids is 1. The maximum atomic E-state index is 11.6. The van der Waals surface area contributed by atoms with Gasteiger partial charge < -0.3 is 15.2 Å². The minimum absolute atomic E-state index is 0.185. The van der Waals surface area contributed by atoms with Crippen molar-refractivity contribution in [3.8, 4) is 5.75 Å². The number of methoxy groups -OCH3 is 1. The molecule has 2 rings (SSSR count). The fourth-order valence-corrected chi connectivity index (χ4v) is 2.19. The Morgan fingerprint density at radius 2 is 2.14 bits per heavy atom. The molecule has 0 aliphatic rings. The minimum Gasteiger partial charge on any atom is -0.508 e. The number of nitrogens with zero attached hydrogens (tertiary/aromatic N) is 3. The van der Waals surface area contributed by atoms with Crippen molar-refractivity contribution < 1.29 is 14.6 Å². The minimum atomic E-state index is -0.297. The Morgan fingerprint density at radius 3 is 2.77 bits per heavy atom. The van der Waals surface area contributed by atoms with Gasteiger partial charge in [-0.1, -0.05) is 17.3 Å². The normalized spacial score (nSPS) is 12.1. The third kappa shape index (κ3) is 4.29. The lowest BCUT2D eigenvalue weighted by atomic mass is 10.0. The van der Waals surface area contributed by atoms with Crippen LogP contribution in [0.2, 0.25) is 0 Å². The number of phenols is 1. The average molecular weight is 304 g/mol. The van der Waals surface area contributed by atoms with Crippen molar-refractivity contribution >= 4 is 5.97 Å². The van der Waals surface area contributed by atoms with Crippen LogP contribution >= 0.6 is 0 Å². The molecule has 1 atom stereocenters. The van der Waals surface area contributed by atoms with Crippen molar-refractivity contribution in [2.75, 3.05) is 14.2 Å². The Kier molecular flexibility index (Phi) is 5.48. The molecule has 0 amide bonds. The summed E-state index contributed by atoms with van der Waals surface area (Å²) in [6.07, 6.45) is 2.63. The number of carbonyl (C=O) groups is 1. The monoisotopic (exact) mass is 304 g/mol. The first kappa shape index (κ1) is 16.0. The van der Waals surface area contributed by atoms with Crippen LogP contribution in [-0.4, -0.2) is 40.2 Å². The van der Waals surface area contributed by atoms with E-state index in [1.54, 1.807) is 16.8 Å². The van der Waals surface area contributed by atoms with E-state index in [0.717, 1.165) is 11.3 Å². The number of esters is 1. The Labute approximate surface area is 128 Å². The summed E-state index contributed by atoms with van der Waals surface area (Å²) in [6, 6.07) is 6.71. The van der Waals surface area contributed by atoms with Crippen molar-refractivity contribution in [1.29, 1.82) is 0 Å². The second-order valence-corrected chi connectivity index (χ2v) is 5.02. The number of hydrogen-bond donors (Lipinski definition) is 2. The third-order valence-electron chi connectivity index (χ3n) is 3.33. The zero-order valence-electron chi connectivity index (χ0n) is 12.7. The van der Waals surface area contributed by atoms with Crippen LogP contribution in [0.4, 0.5) is 0 Å². The molecule has 22 heavy (non-hydrogen) atoms. The van der Waals surface area contributed by atoms with Crippen LogP contribution in [0.1, 0.15) is 23.7 Å². The van der Waals surface area contributed by atoms with Gasteiger partial charge in [0.1, 0.15) is 5.75 Å². The van der Waals surface area contributed by atoms with Crippen LogP contribution < -0.4 is 5.32 Å². The topological polar surface area (TPSA) is 89.3 Å². The van der Waals surface area contributed by atoms with Crippen molar-refractivity contribution in [2.24, 2.45) is 0 Å². The van der Waals surface area contributed by atoms with Crippen LogP contribution in [0, 0.1) is 0 Å². The van der Waals surface area contributed by atoms with E-state index < -0.39 is 0 Å². The summed E-state index contributed by atoms with van der Waals surface area (Å²) >= 11 is 0. The van der Waals surface area contributed by atoms with Crippen molar-refractivity contribution in [3.05, 3.63) is 41.7 Å². The van der Waals surface area contributed by atoms with Gasteiger partial charge in [-0.25, -0.2) is 4.68 Å². The van der Waals surface area contributed by atoms with Gasteiger partial charge in [-0.05, 0) is 31.2 Å². The second kappa shape index (κ2) is 7.56. The highest BCUT2D eigenvalue weighted by Crippen LogP contribution is 2.20. The number of hydrogen-bond acceptors (Lipinski definition) is 6. The first-order chi connectivity index (χ1) is 10.6. The highest BCUT2D eigenvalue weighted by molar-refractivity contribution is 5.69. The summed E-state index contributed by atoms with van der Waals surface area (Å²) in [6.45, 7) is 0.615. The second-order valence-electron chi connectivity index (χ2n) is 5.02. The fourth-order valence-electron chi connectivity index (χ4n) is 2.19. The highest BCUT2D eigenvalue weighted by Gasteiger charge is 2.18. The molecule has 0 saturated carbocycles. The molecule has 1 heterocycles. The molecule has 7 heteroatoms. The van der Waals surface area contributed by atoms with Crippen LogP contribution in [-0.2, 0) is 22.5 Å². The zero-order chi connectivity index (χ0) is 15.9. The molecule has 0 radical (unpaired) electrons. The van der Waals surface area contributed by atoms with E-state index in [4.69, 9.17) is 4.74 Å². The van der Waals surface area contributed by atoms with E-state index in [-0.39, 0.29) is 24.2 Å². The Balaban J connectivity index is 2.17. The van der Waals surface area contributed by atoms with E-state index >= 15 is 0 Å². The van der Waals surface area contributed by atoms with Gasteiger partial charge in [-0.15, -0.1) is 5.10 Å². The predicted molar refractivity (Wildman–Crippen MR) is 80.3 cm³/mol. The fraction of sp³-hybridized carbons (Fsp3) is 0.400. The quantitative estimate of drug-likeness (QED) is 0.743. The van der Waals surface area contributed by atoms with Crippen molar-refractivity contribution in [2.45, 2.75) is 25.4 Å². The number of aromatic nitrogens is 3. The first-order valence-electron chi connectivity index (χ1n) is 7.02. The lowest BCUT2D eigenvalue weighted by Crippen LogP contribution is -2.18. The van der Waals surface area contributed by atoms with E-state index in [0.29, 0.717) is 13.0 Å². The van der Waals surface area contributed by atoms with Crippen LogP contribution in [0.15, 0.2) is 30.5 Å². The van der Waals surface area contributed by atoms with Gasteiger partial charge in [0, 0.05) is 6.54 Å². The molecule has 1 aromatic carbocycles. The maximum absolute atomic E-state index is 11.6. The highest BCUT2D eigenvalue weighted by atomic mass is 16.5. The standard InChI is InChI=1S/C15H20N4O3/c1-16-9-12-10-19(18-17-12)13(8-15(21)22-2)7-11-3-5-14(20)6-4-11/h3-6,10,13,16,20H,7-9H2,1-2H3/t13-/m0/s1. The molecule has 0 spiro atoms. The molecular formula is C15H20N4O3. The summed E-state index contributed by atoms with van der Waals surface area (Å²) in [5, 5.41) is 20.5. The maximum Gasteiger partial charge on any atom is 0.307 e. The van der Waals surface area contributed by atoms with Gasteiger partial charge in [0.25, 0.3) is 0 Å². The zero-order valence-corrected chi connectivity index (χ0v) is 12.7. The van der Waals surface area contributed by atoms with Crippen LogP contribution in [0.5, 0.6) is 5.75 Å². The van der Waals surface area contributed by atoms with Crippen molar-refractivity contribution in [1.82, 2.24) is 20.3 Å². The van der Waals surface area contributed by atoms with Gasteiger partial charge in [0.05, 0.1) is 31.5 Å². The SMILES string of the molecule is CNCc1cn([C@H](CC(=O)OC)Cc2ccc(O)cc2)nn1. The molecule has 118 valence electrons. The molecule has 0 aliphatic carbocycles. The summed E-state index contributed by atoms with van der Waals surface area (Å²) in [4.78, 5) is 11.6. The molecule has 2 aromatic rings. The predicted octanol–water partition coefficient (Wildman–Crippen LogP) is 1.05. The first-order valence-corrected chi connectivity index (χ1v) is 7.02. The summed E-state index contributed by atoms with van der Waals surface area (Å²) < 4.78 is 6.45. The number of aromatic hydroxyl groups is 1. The molecule has 2 N–H and O–H groups in total. The largest absolute Gasteiger partial charge is 0.508 e. The molecule has 7 nitrogen and oxygen atoms in total. The molecule has 0 bridgehead atoms. The molecule has 1 aromatic heterocycles. The van der Waals surface area contributed by atoms with Gasteiger partial charge in [0.2, 0.25) is 0 Å². The number of benzene rings is 1. The van der Waals surface area contributed by atoms with E-state index in [1.807, 2.05) is 25.4 Å². The van der Waals surface area contributed by atoms with Gasteiger partial charge in [-0.3, -0.25) is 4.79 Å². The summed E-state index contributed by atoms with van der Waals surface area (Å²) in [5.41, 5.74) is 1.81. The number of ether oxygens (including phenoxy) is 1. The van der Waals surface area contributed by atoms with E-state index in [1.165, 1.54) is 7.11 Å². The van der Waals surface area contributed by atoms with Crippen molar-refractivity contribution in [3.63, 3.8) is 0 Å². The molecule has 0 saturated heterocycles. The smallest absolute Gasteiger partial charge is 0.307 e. The Bertz CT molecular complexity index is 610. The lowest BCUT2D eigenvalue weighted by Gasteiger charge is -2.16. The van der Waals surface area contributed by atoms with Crippen LogP contribution in [0.3, 0.4) is 0 Å². The number of phenolic OH excluding ortho intramolecular Hbond substituents is 1. The van der Waals surface area contributed by atoms with E-state index in [2.05, 4.69) is 15.6 Å². The van der Waals surface area contributed by atoms with Gasteiger partial charge in [0.15, 0.2) is 0 Å². The number of rotatable bonds is 7. The van der Waals surface area contributed by atoms with Gasteiger partial charge in [-0.2, -0.15) is 0 Å². The molecule has 0 aliphatic heterocycles. The molecule has 0 fully saturated rings. The number of nitrogens with one attached hydrogen (secondary N) is 1. The van der Waals surface area contributed by atoms with Crippen LogP contribution in [0.25, 0.3) is 0 Å². The summed E-state index contributed by atoms with van der Waals surface area (Å²) in [7, 11) is 3.20. The molecule has 0 unspecified atom stereocenters. The third-order valence-corrected chi connectivity index (χ3v) is 3.33.